The number of aliphatic hydroxyl groups excluding tert-OH is 1. The van der Waals surface area contributed by atoms with Gasteiger partial charge in [-0.25, -0.2) is 4.79 Å². The van der Waals surface area contributed by atoms with Gasteiger partial charge in [-0.15, -0.1) is 0 Å². The van der Waals surface area contributed by atoms with E-state index in [2.05, 4.69) is 10.6 Å². The van der Waals surface area contributed by atoms with E-state index in [4.69, 9.17) is 16.7 Å². The van der Waals surface area contributed by atoms with Crippen molar-refractivity contribution in [3.05, 3.63) is 33.3 Å². The molecule has 7 nitrogen and oxygen atoms in total. The first-order valence-electron chi connectivity index (χ1n) is 5.06. The highest BCUT2D eigenvalue weighted by atomic mass is 35.5. The molecule has 1 atom stereocenters. The smallest absolute Gasteiger partial charge is 0.319 e. The van der Waals surface area contributed by atoms with Crippen molar-refractivity contribution in [3.8, 4) is 0 Å². The van der Waals surface area contributed by atoms with E-state index in [-0.39, 0.29) is 23.0 Å². The largest absolute Gasteiger partial charge is 0.394 e. The molecule has 0 spiro atoms. The van der Waals surface area contributed by atoms with Gasteiger partial charge in [0.25, 0.3) is 5.69 Å². The van der Waals surface area contributed by atoms with Gasteiger partial charge in [0.1, 0.15) is 5.02 Å². The third-order valence-corrected chi connectivity index (χ3v) is 2.37. The molecule has 0 aliphatic heterocycles. The van der Waals surface area contributed by atoms with Crippen molar-refractivity contribution >= 4 is 29.0 Å². The summed E-state index contributed by atoms with van der Waals surface area (Å²) in [6.07, 6.45) is 0. The highest BCUT2D eigenvalue weighted by molar-refractivity contribution is 6.32. The van der Waals surface area contributed by atoms with Crippen LogP contribution in [0, 0.1) is 10.1 Å². The number of urea groups is 1. The van der Waals surface area contributed by atoms with Crippen molar-refractivity contribution in [2.75, 3.05) is 11.9 Å². The number of nitrogens with zero attached hydrogens (tertiary/aromatic N) is 1. The molecule has 0 fully saturated rings. The molecule has 0 aliphatic rings. The van der Waals surface area contributed by atoms with Crippen LogP contribution in [0.2, 0.25) is 5.02 Å². The van der Waals surface area contributed by atoms with E-state index >= 15 is 0 Å². The lowest BCUT2D eigenvalue weighted by Crippen LogP contribution is -2.38. The molecule has 0 radical (unpaired) electrons. The zero-order chi connectivity index (χ0) is 13.7. The lowest BCUT2D eigenvalue weighted by atomic mass is 10.3. The average Bonchev–Trinajstić information content (AvgIpc) is 2.31. The third-order valence-electron chi connectivity index (χ3n) is 2.05. The molecule has 0 aromatic heterocycles. The van der Waals surface area contributed by atoms with E-state index in [9.17, 15) is 14.9 Å². The third kappa shape index (κ3) is 3.86. The minimum Gasteiger partial charge on any atom is -0.394 e. The highest BCUT2D eigenvalue weighted by Crippen LogP contribution is 2.27. The first-order chi connectivity index (χ1) is 8.43. The fourth-order valence-corrected chi connectivity index (χ4v) is 1.35. The Morgan fingerprint density at radius 3 is 2.83 bits per heavy atom. The number of nitrogens with one attached hydrogen (secondary N) is 2. The number of carbonyl (C=O) groups excluding carboxylic acids is 1. The summed E-state index contributed by atoms with van der Waals surface area (Å²) in [7, 11) is 0. The van der Waals surface area contributed by atoms with Crippen molar-refractivity contribution in [1.29, 1.82) is 0 Å². The van der Waals surface area contributed by atoms with Crippen LogP contribution < -0.4 is 10.6 Å². The number of halogens is 1. The summed E-state index contributed by atoms with van der Waals surface area (Å²) in [4.78, 5) is 21.4. The second kappa shape index (κ2) is 6.18. The van der Waals surface area contributed by atoms with Crippen molar-refractivity contribution in [2.24, 2.45) is 0 Å². The van der Waals surface area contributed by atoms with Gasteiger partial charge in [0.15, 0.2) is 0 Å². The molecule has 0 heterocycles. The van der Waals surface area contributed by atoms with Crippen LogP contribution in [-0.2, 0) is 0 Å². The zero-order valence-electron chi connectivity index (χ0n) is 9.51. The molecule has 0 aliphatic carbocycles. The Hall–Kier alpha value is -1.86. The Morgan fingerprint density at radius 2 is 2.28 bits per heavy atom. The molecule has 0 saturated heterocycles. The zero-order valence-corrected chi connectivity index (χ0v) is 10.3. The van der Waals surface area contributed by atoms with Gasteiger partial charge in [-0.2, -0.15) is 0 Å². The monoisotopic (exact) mass is 273 g/mol. The van der Waals surface area contributed by atoms with Crippen LogP contribution in [0.25, 0.3) is 0 Å². The van der Waals surface area contributed by atoms with Gasteiger partial charge in [-0.1, -0.05) is 11.6 Å². The van der Waals surface area contributed by atoms with Gasteiger partial charge in [-0.3, -0.25) is 10.1 Å². The number of hydrogen-bond acceptors (Lipinski definition) is 4. The van der Waals surface area contributed by atoms with Crippen LogP contribution in [0.4, 0.5) is 16.2 Å². The predicted molar refractivity (Wildman–Crippen MR) is 66.8 cm³/mol. The maximum atomic E-state index is 11.4. The molecule has 0 saturated carbocycles. The SMILES string of the molecule is C[C@@H](CO)NC(=O)Nc1ccc(Cl)c([N+](=O)[O-])c1. The van der Waals surface area contributed by atoms with Crippen LogP contribution in [0.1, 0.15) is 6.92 Å². The Bertz CT molecular complexity index is 466. The summed E-state index contributed by atoms with van der Waals surface area (Å²) in [6, 6.07) is 2.95. The normalized spacial score (nSPS) is 11.7. The maximum absolute atomic E-state index is 11.4. The van der Waals surface area contributed by atoms with Gasteiger partial charge in [-0.05, 0) is 19.1 Å². The van der Waals surface area contributed by atoms with Gasteiger partial charge in [0.2, 0.25) is 0 Å². The maximum Gasteiger partial charge on any atom is 0.319 e. The molecule has 8 heteroatoms. The summed E-state index contributed by atoms with van der Waals surface area (Å²) >= 11 is 5.63. The quantitative estimate of drug-likeness (QED) is 0.574. The van der Waals surface area contributed by atoms with Crippen LogP contribution in [0.3, 0.4) is 0 Å². The first-order valence-corrected chi connectivity index (χ1v) is 5.44. The molecular formula is C10H12ClN3O4. The highest BCUT2D eigenvalue weighted by Gasteiger charge is 2.14. The Morgan fingerprint density at radius 1 is 1.61 bits per heavy atom. The summed E-state index contributed by atoms with van der Waals surface area (Å²) in [5.41, 5.74) is -0.0431. The van der Waals surface area contributed by atoms with Crippen molar-refractivity contribution in [1.82, 2.24) is 5.32 Å². The number of hydrogen-bond donors (Lipinski definition) is 3. The number of anilines is 1. The Kier molecular flexibility index (Phi) is 4.87. The molecule has 1 aromatic rings. The van der Waals surface area contributed by atoms with Gasteiger partial charge >= 0.3 is 6.03 Å². The van der Waals surface area contributed by atoms with E-state index in [1.165, 1.54) is 12.1 Å². The molecule has 98 valence electrons. The van der Waals surface area contributed by atoms with Crippen LogP contribution >= 0.6 is 11.6 Å². The lowest BCUT2D eigenvalue weighted by molar-refractivity contribution is -0.384. The fraction of sp³-hybridized carbons (Fsp3) is 0.300. The Labute approximate surface area is 108 Å². The average molecular weight is 274 g/mol. The number of nitro benzene ring substituents is 1. The minimum atomic E-state index is -0.637. The molecule has 1 rings (SSSR count). The standard InChI is InChI=1S/C10H12ClN3O4/c1-6(5-15)12-10(16)13-7-2-3-8(11)9(4-7)14(17)18/h2-4,6,15H,5H2,1H3,(H2,12,13,16)/t6-/m0/s1. The lowest BCUT2D eigenvalue weighted by Gasteiger charge is -2.11. The second-order valence-corrected chi connectivity index (χ2v) is 4.01. The molecule has 1 aromatic carbocycles. The molecular weight excluding hydrogens is 262 g/mol. The van der Waals surface area contributed by atoms with Gasteiger partial charge in [0.05, 0.1) is 17.6 Å². The van der Waals surface area contributed by atoms with Crippen molar-refractivity contribution in [2.45, 2.75) is 13.0 Å². The molecule has 18 heavy (non-hydrogen) atoms. The topological polar surface area (TPSA) is 104 Å². The second-order valence-electron chi connectivity index (χ2n) is 3.61. The summed E-state index contributed by atoms with van der Waals surface area (Å²) in [6.45, 7) is 1.41. The number of amides is 2. The molecule has 2 amide bonds. The van der Waals surface area contributed by atoms with E-state index in [1.807, 2.05) is 0 Å². The molecule has 0 unspecified atom stereocenters. The molecule has 3 N–H and O–H groups in total. The number of benzene rings is 1. The van der Waals surface area contributed by atoms with Gasteiger partial charge in [0, 0.05) is 11.8 Å². The summed E-state index contributed by atoms with van der Waals surface area (Å²) in [5, 5.41) is 24.2. The summed E-state index contributed by atoms with van der Waals surface area (Å²) < 4.78 is 0. The molecule has 0 bridgehead atoms. The van der Waals surface area contributed by atoms with Crippen molar-refractivity contribution in [3.63, 3.8) is 0 Å². The van der Waals surface area contributed by atoms with E-state index < -0.39 is 17.0 Å². The van der Waals surface area contributed by atoms with E-state index in [1.54, 1.807) is 6.92 Å². The van der Waals surface area contributed by atoms with Gasteiger partial charge < -0.3 is 15.7 Å². The first kappa shape index (κ1) is 14.2. The van der Waals surface area contributed by atoms with Crippen molar-refractivity contribution < 1.29 is 14.8 Å². The number of rotatable bonds is 4. The minimum absolute atomic E-state index is 0.00492. The Balaban J connectivity index is 2.76. The number of carbonyl (C=O) groups is 1. The number of aliphatic hydroxyl groups is 1. The van der Waals surface area contributed by atoms with E-state index in [0.717, 1.165) is 6.07 Å². The predicted octanol–water partition coefficient (Wildman–Crippen LogP) is 1.75. The van der Waals surface area contributed by atoms with Crippen LogP contribution in [0.15, 0.2) is 18.2 Å². The van der Waals surface area contributed by atoms with E-state index in [0.29, 0.717) is 0 Å². The summed E-state index contributed by atoms with van der Waals surface area (Å²) in [5.74, 6) is 0. The van der Waals surface area contributed by atoms with Crippen LogP contribution in [0.5, 0.6) is 0 Å². The fourth-order valence-electron chi connectivity index (χ4n) is 1.17. The number of nitro groups is 1. The van der Waals surface area contributed by atoms with Crippen LogP contribution in [-0.4, -0.2) is 28.7 Å².